The van der Waals surface area contributed by atoms with Crippen LogP contribution in [0.3, 0.4) is 0 Å². The number of hydrogen-bond donors (Lipinski definition) is 2. The number of carbonyl (C=O) groups is 1. The van der Waals surface area contributed by atoms with Crippen LogP contribution in [0.4, 0.5) is 21.6 Å². The smallest absolute Gasteiger partial charge is 0.248 e. The van der Waals surface area contributed by atoms with E-state index in [1.807, 2.05) is 18.2 Å². The number of fused-ring (bicyclic) bond motifs is 1. The summed E-state index contributed by atoms with van der Waals surface area (Å²) in [7, 11) is 2.07. The zero-order valence-corrected chi connectivity index (χ0v) is 20.9. The third-order valence-electron chi connectivity index (χ3n) is 6.61. The van der Waals surface area contributed by atoms with Gasteiger partial charge in [-0.05, 0) is 69.8 Å². The fourth-order valence-electron chi connectivity index (χ4n) is 4.44. The molecule has 2 saturated carbocycles. The molecule has 0 radical (unpaired) electrons. The second-order valence-electron chi connectivity index (χ2n) is 9.43. The molecule has 1 aromatic heterocycles. The highest BCUT2D eigenvalue weighted by atomic mass is 35.5. The molecule has 36 heavy (non-hydrogen) atoms. The number of rotatable bonds is 9. The van der Waals surface area contributed by atoms with E-state index < -0.39 is 5.82 Å². The fourth-order valence-corrected chi connectivity index (χ4v) is 4.62. The molecular formula is C27H29ClFN5O2. The predicted octanol–water partition coefficient (Wildman–Crippen LogP) is 6.08. The van der Waals surface area contributed by atoms with Gasteiger partial charge in [-0.2, -0.15) is 0 Å². The third kappa shape index (κ3) is 5.94. The van der Waals surface area contributed by atoms with Gasteiger partial charge in [0.05, 0.1) is 22.3 Å². The largest absolute Gasteiger partial charge is 0.488 e. The van der Waals surface area contributed by atoms with Gasteiger partial charge in [-0.3, -0.25) is 9.69 Å². The summed E-state index contributed by atoms with van der Waals surface area (Å²) >= 11 is 5.94. The molecule has 188 valence electrons. The lowest BCUT2D eigenvalue weighted by Crippen LogP contribution is -2.21. The van der Waals surface area contributed by atoms with E-state index in [1.54, 1.807) is 12.1 Å². The van der Waals surface area contributed by atoms with Crippen molar-refractivity contribution in [1.29, 1.82) is 0 Å². The van der Waals surface area contributed by atoms with E-state index in [4.69, 9.17) is 16.3 Å². The molecule has 0 saturated heterocycles. The van der Waals surface area contributed by atoms with Crippen molar-refractivity contribution < 1.29 is 13.9 Å². The van der Waals surface area contributed by atoms with Crippen LogP contribution in [0, 0.1) is 5.82 Å². The Morgan fingerprint density at radius 1 is 1.19 bits per heavy atom. The van der Waals surface area contributed by atoms with Gasteiger partial charge >= 0.3 is 0 Å². The van der Waals surface area contributed by atoms with Crippen LogP contribution in [0.5, 0.6) is 5.75 Å². The summed E-state index contributed by atoms with van der Waals surface area (Å²) in [4.78, 5) is 23.8. The van der Waals surface area contributed by atoms with Gasteiger partial charge in [0.15, 0.2) is 0 Å². The number of nitrogens with one attached hydrogen (secondary N) is 2. The molecule has 2 aromatic carbocycles. The molecule has 0 spiro atoms. The van der Waals surface area contributed by atoms with Crippen LogP contribution < -0.4 is 15.4 Å². The van der Waals surface area contributed by atoms with E-state index >= 15 is 0 Å². The van der Waals surface area contributed by atoms with Crippen molar-refractivity contribution >= 4 is 45.6 Å². The number of nitrogens with zero attached hydrogens (tertiary/aromatic N) is 3. The molecule has 0 atom stereocenters. The molecule has 3 aromatic rings. The Kier molecular flexibility index (Phi) is 7.34. The summed E-state index contributed by atoms with van der Waals surface area (Å²) in [5.74, 6) is 0.365. The first-order chi connectivity index (χ1) is 17.5. The number of carbonyl (C=O) groups excluding carboxylic acids is 1. The monoisotopic (exact) mass is 509 g/mol. The van der Waals surface area contributed by atoms with E-state index in [2.05, 4.69) is 32.5 Å². The number of likely N-dealkylation sites (N-methyl/N-ethyl adjacent to an activating group) is 1. The molecule has 2 aliphatic rings. The molecule has 0 unspecified atom stereocenters. The van der Waals surface area contributed by atoms with Gasteiger partial charge in [-0.1, -0.05) is 17.7 Å². The second-order valence-corrected chi connectivity index (χ2v) is 9.84. The van der Waals surface area contributed by atoms with Crippen LogP contribution in [-0.4, -0.2) is 46.5 Å². The van der Waals surface area contributed by atoms with E-state index in [9.17, 15) is 9.18 Å². The number of aromatic nitrogens is 2. The topological polar surface area (TPSA) is 79.4 Å². The van der Waals surface area contributed by atoms with Gasteiger partial charge in [0.2, 0.25) is 5.91 Å². The van der Waals surface area contributed by atoms with Crippen molar-refractivity contribution in [2.24, 2.45) is 0 Å². The molecular weight excluding hydrogens is 481 g/mol. The number of halogens is 2. The Balaban J connectivity index is 1.42. The highest BCUT2D eigenvalue weighted by Gasteiger charge is 2.25. The van der Waals surface area contributed by atoms with E-state index in [-0.39, 0.29) is 17.0 Å². The first kappa shape index (κ1) is 24.5. The lowest BCUT2D eigenvalue weighted by atomic mass is 10.1. The zero-order valence-electron chi connectivity index (χ0n) is 20.1. The highest BCUT2D eigenvalue weighted by Crippen LogP contribution is 2.36. The van der Waals surface area contributed by atoms with Crippen molar-refractivity contribution in [3.8, 4) is 5.75 Å². The van der Waals surface area contributed by atoms with Crippen molar-refractivity contribution in [3.05, 3.63) is 59.7 Å². The molecule has 2 N–H and O–H groups in total. The van der Waals surface area contributed by atoms with E-state index in [1.165, 1.54) is 31.3 Å². The Morgan fingerprint density at radius 3 is 2.75 bits per heavy atom. The number of ether oxygens (including phenoxy) is 1. The maximum Gasteiger partial charge on any atom is 0.248 e. The van der Waals surface area contributed by atoms with Crippen LogP contribution in [0.15, 0.2) is 48.8 Å². The SMILES string of the molecule is CN(CC=CC(=O)Nc1cc2c(Nc3ccc(F)c(Cl)c3)ncnc2cc1OC1CCCC1)C1CC1. The number of anilines is 3. The van der Waals surface area contributed by atoms with Crippen molar-refractivity contribution in [2.45, 2.75) is 50.7 Å². The quantitative estimate of drug-likeness (QED) is 0.340. The Bertz CT molecular complexity index is 1290. The summed E-state index contributed by atoms with van der Waals surface area (Å²) in [6.45, 7) is 0.726. The lowest BCUT2D eigenvalue weighted by Gasteiger charge is -2.18. The van der Waals surface area contributed by atoms with Gasteiger partial charge < -0.3 is 15.4 Å². The molecule has 9 heteroatoms. The van der Waals surface area contributed by atoms with Gasteiger partial charge in [0, 0.05) is 35.8 Å². The predicted molar refractivity (Wildman–Crippen MR) is 141 cm³/mol. The normalized spacial score (nSPS) is 16.2. The summed E-state index contributed by atoms with van der Waals surface area (Å²) in [5, 5.41) is 6.85. The fraction of sp³-hybridized carbons (Fsp3) is 0.370. The molecule has 0 bridgehead atoms. The van der Waals surface area contributed by atoms with E-state index in [0.29, 0.717) is 39.9 Å². The Hall–Kier alpha value is -3.23. The molecule has 0 aliphatic heterocycles. The Labute approximate surface area is 214 Å². The van der Waals surface area contributed by atoms with Crippen molar-refractivity contribution in [3.63, 3.8) is 0 Å². The average Bonchev–Trinajstić information content (AvgIpc) is 3.59. The van der Waals surface area contributed by atoms with Gasteiger partial charge in [0.1, 0.15) is 23.7 Å². The maximum atomic E-state index is 13.6. The molecule has 1 heterocycles. The highest BCUT2D eigenvalue weighted by molar-refractivity contribution is 6.31. The lowest BCUT2D eigenvalue weighted by molar-refractivity contribution is -0.111. The van der Waals surface area contributed by atoms with Crippen LogP contribution >= 0.6 is 11.6 Å². The number of amides is 1. The van der Waals surface area contributed by atoms with Crippen molar-refractivity contribution in [1.82, 2.24) is 14.9 Å². The standard InChI is InChI=1S/C27H29ClFN5O2/c1-34(18-9-10-18)12-4-7-26(35)33-24-14-20-23(15-25(24)36-19-5-2-3-6-19)30-16-31-27(20)32-17-8-11-22(29)21(28)13-17/h4,7-8,11,13-16,18-19H,2-3,5-6,9-10,12H2,1H3,(H,33,35)(H,30,31,32). The van der Waals surface area contributed by atoms with Crippen LogP contribution in [0.2, 0.25) is 5.02 Å². The van der Waals surface area contributed by atoms with Gasteiger partial charge in [-0.15, -0.1) is 0 Å². The molecule has 2 aliphatic carbocycles. The summed E-state index contributed by atoms with van der Waals surface area (Å²) in [6, 6.07) is 8.65. The van der Waals surface area contributed by atoms with Crippen molar-refractivity contribution in [2.75, 3.05) is 24.2 Å². The first-order valence-corrected chi connectivity index (χ1v) is 12.7. The van der Waals surface area contributed by atoms with Crippen LogP contribution in [0.1, 0.15) is 38.5 Å². The third-order valence-corrected chi connectivity index (χ3v) is 6.90. The summed E-state index contributed by atoms with van der Waals surface area (Å²) < 4.78 is 19.9. The van der Waals surface area contributed by atoms with Gasteiger partial charge in [0.25, 0.3) is 0 Å². The second kappa shape index (κ2) is 10.8. The van der Waals surface area contributed by atoms with Gasteiger partial charge in [-0.25, -0.2) is 14.4 Å². The average molecular weight is 510 g/mol. The maximum absolute atomic E-state index is 13.6. The first-order valence-electron chi connectivity index (χ1n) is 12.3. The van der Waals surface area contributed by atoms with Crippen LogP contribution in [0.25, 0.3) is 10.9 Å². The van der Waals surface area contributed by atoms with E-state index in [0.717, 1.165) is 32.2 Å². The summed E-state index contributed by atoms with van der Waals surface area (Å²) in [6.07, 6.45) is 11.7. The summed E-state index contributed by atoms with van der Waals surface area (Å²) in [5.41, 5.74) is 1.80. The molecule has 7 nitrogen and oxygen atoms in total. The van der Waals surface area contributed by atoms with Crippen LogP contribution in [-0.2, 0) is 4.79 Å². The minimum absolute atomic E-state index is 0.0117. The number of hydrogen-bond acceptors (Lipinski definition) is 6. The minimum atomic E-state index is -0.496. The number of benzene rings is 2. The molecule has 1 amide bonds. The minimum Gasteiger partial charge on any atom is -0.488 e. The Morgan fingerprint density at radius 2 is 2.00 bits per heavy atom. The molecule has 2 fully saturated rings. The molecule has 5 rings (SSSR count). The zero-order chi connectivity index (χ0) is 25.1.